The van der Waals surface area contributed by atoms with Gasteiger partial charge in [-0.15, -0.1) is 0 Å². The first-order valence-electron chi connectivity index (χ1n) is 9.74. The molecular weight excluding hydrogens is 467 g/mol. The number of nitro benzene ring substituents is 1. The van der Waals surface area contributed by atoms with Gasteiger partial charge in [-0.3, -0.25) is 19.7 Å². The molecule has 0 bridgehead atoms. The highest BCUT2D eigenvalue weighted by atomic mass is 19.1. The molecule has 1 aromatic carbocycles. The molecule has 34 heavy (non-hydrogen) atoms. The van der Waals surface area contributed by atoms with Crippen molar-refractivity contribution in [1.29, 1.82) is 0 Å². The second-order valence-corrected chi connectivity index (χ2v) is 7.35. The molecule has 1 unspecified atom stereocenters. The Hall–Kier alpha value is -3.40. The molecule has 2 rings (SSSR count). The Morgan fingerprint density at radius 1 is 1.26 bits per heavy atom. The Balaban J connectivity index is 2.61. The summed E-state index contributed by atoms with van der Waals surface area (Å²) in [6.07, 6.45) is -11.0. The lowest BCUT2D eigenvalue weighted by atomic mass is 9.87. The molecule has 7 atom stereocenters. The van der Waals surface area contributed by atoms with Crippen LogP contribution in [0.2, 0.25) is 0 Å². The van der Waals surface area contributed by atoms with E-state index < -0.39 is 77.5 Å². The number of ether oxygens (including phenoxy) is 3. The molecule has 1 heterocycles. The number of non-ortho nitro benzene ring substituents is 1. The highest BCUT2D eigenvalue weighted by Gasteiger charge is 2.65. The summed E-state index contributed by atoms with van der Waals surface area (Å²) in [7, 11) is 0. The lowest BCUT2D eigenvalue weighted by Gasteiger charge is -2.48. The van der Waals surface area contributed by atoms with E-state index in [1.807, 2.05) is 0 Å². The number of halogens is 1. The fraction of sp³-hybridized carbons (Fsp3) is 0.526. The van der Waals surface area contributed by atoms with Crippen molar-refractivity contribution in [3.05, 3.63) is 34.4 Å². The molecule has 1 saturated heterocycles. The zero-order valence-electron chi connectivity index (χ0n) is 17.9. The van der Waals surface area contributed by atoms with Gasteiger partial charge in [0.15, 0.2) is 6.10 Å². The second kappa shape index (κ2) is 10.7. The molecule has 14 nitrogen and oxygen atoms in total. The lowest BCUT2D eigenvalue weighted by molar-refractivity contribution is -0.384. The summed E-state index contributed by atoms with van der Waals surface area (Å²) >= 11 is 0. The number of hydrogen-bond acceptors (Lipinski definition) is 11. The summed E-state index contributed by atoms with van der Waals surface area (Å²) in [5.41, 5.74) is -0.388. The third-order valence-corrected chi connectivity index (χ3v) is 4.88. The number of aliphatic hydroxyl groups excluding tert-OH is 3. The van der Waals surface area contributed by atoms with Crippen molar-refractivity contribution < 1.29 is 58.3 Å². The summed E-state index contributed by atoms with van der Waals surface area (Å²) in [4.78, 5) is 45.7. The molecule has 0 radical (unpaired) electrons. The Labute approximate surface area is 191 Å². The molecule has 1 amide bonds. The predicted octanol–water partition coefficient (Wildman–Crippen LogP) is -1.36. The van der Waals surface area contributed by atoms with E-state index in [1.165, 1.54) is 0 Å². The summed E-state index contributed by atoms with van der Waals surface area (Å²) < 4.78 is 31.2. The molecule has 1 aliphatic heterocycles. The highest BCUT2D eigenvalue weighted by molar-refractivity contribution is 5.78. The maximum absolute atomic E-state index is 15.7. The lowest BCUT2D eigenvalue weighted by Crippen LogP contribution is -2.74. The van der Waals surface area contributed by atoms with Gasteiger partial charge < -0.3 is 40.0 Å². The number of nitrogens with zero attached hydrogens (tertiary/aromatic N) is 1. The first-order chi connectivity index (χ1) is 15.8. The Morgan fingerprint density at radius 3 is 2.29 bits per heavy atom. The van der Waals surface area contributed by atoms with E-state index >= 15 is 4.39 Å². The van der Waals surface area contributed by atoms with Crippen LogP contribution in [0.25, 0.3) is 0 Å². The molecule has 0 saturated carbocycles. The number of alkyl halides is 1. The average Bonchev–Trinajstić information content (AvgIpc) is 2.76. The van der Waals surface area contributed by atoms with Crippen LogP contribution in [-0.2, 0) is 23.9 Å². The first-order valence-corrected chi connectivity index (χ1v) is 9.74. The zero-order valence-corrected chi connectivity index (χ0v) is 17.9. The van der Waals surface area contributed by atoms with Crippen LogP contribution < -0.4 is 10.1 Å². The summed E-state index contributed by atoms with van der Waals surface area (Å²) in [6.45, 7) is 0.839. The standard InChI is InChI=1S/C19H23FN2O12/c1-8(24)21-13-15(14(27)12(26)7-23)34-19(18(28)29,17(20)16(13)32-9(2)25)33-11-5-3-10(4-6-11)22(30)31/h3-6,12-17,23,26-27H,7H2,1-2H3,(H,21,24)(H,28,29)/t12-,13-,14-,15?,16+,17-,19+/m1/s1. The predicted molar refractivity (Wildman–Crippen MR) is 106 cm³/mol. The van der Waals surface area contributed by atoms with E-state index in [9.17, 15) is 44.9 Å². The van der Waals surface area contributed by atoms with Gasteiger partial charge in [0.25, 0.3) is 5.69 Å². The fourth-order valence-electron chi connectivity index (χ4n) is 3.36. The Bertz CT molecular complexity index is 928. The van der Waals surface area contributed by atoms with Crippen LogP contribution in [0.4, 0.5) is 10.1 Å². The monoisotopic (exact) mass is 490 g/mol. The van der Waals surface area contributed by atoms with E-state index in [1.54, 1.807) is 0 Å². The van der Waals surface area contributed by atoms with Crippen molar-refractivity contribution in [2.45, 2.75) is 56.3 Å². The van der Waals surface area contributed by atoms with Crippen LogP contribution in [-0.4, -0.2) is 92.2 Å². The number of carboxylic acids is 1. The van der Waals surface area contributed by atoms with Gasteiger partial charge in [-0.05, 0) is 12.1 Å². The number of aliphatic carboxylic acids is 1. The quantitative estimate of drug-likeness (QED) is 0.154. The summed E-state index contributed by atoms with van der Waals surface area (Å²) in [6, 6.07) is 2.06. The molecule has 0 spiro atoms. The SMILES string of the molecule is CC(=O)N[C@@H]1C([C@H](O)[C@H](O)CO)O[C@](Oc2ccc([N+](=O)[O-])cc2)(C(=O)O)[C@H](F)[C@H]1OC(C)=O. The van der Waals surface area contributed by atoms with Gasteiger partial charge in [0, 0.05) is 26.0 Å². The highest BCUT2D eigenvalue weighted by Crippen LogP contribution is 2.38. The van der Waals surface area contributed by atoms with Crippen molar-refractivity contribution in [3.8, 4) is 5.75 Å². The maximum atomic E-state index is 15.7. The van der Waals surface area contributed by atoms with Crippen molar-refractivity contribution in [2.75, 3.05) is 6.61 Å². The third-order valence-electron chi connectivity index (χ3n) is 4.88. The zero-order chi connectivity index (χ0) is 25.8. The van der Waals surface area contributed by atoms with Crippen LogP contribution >= 0.6 is 0 Å². The minimum Gasteiger partial charge on any atom is -0.476 e. The van der Waals surface area contributed by atoms with Crippen LogP contribution in [0.1, 0.15) is 13.8 Å². The number of benzene rings is 1. The van der Waals surface area contributed by atoms with E-state index in [4.69, 9.17) is 14.2 Å². The number of rotatable bonds is 9. The number of amides is 1. The van der Waals surface area contributed by atoms with Gasteiger partial charge in [0.1, 0.15) is 24.1 Å². The number of nitrogens with one attached hydrogen (secondary N) is 1. The normalized spacial score (nSPS) is 28.3. The minimum absolute atomic E-state index is 0.388. The number of carbonyl (C=O) groups is 3. The number of carboxylic acid groups (broad SMARTS) is 1. The van der Waals surface area contributed by atoms with Crippen molar-refractivity contribution >= 4 is 23.5 Å². The molecule has 0 aliphatic carbocycles. The van der Waals surface area contributed by atoms with Gasteiger partial charge >= 0.3 is 17.7 Å². The summed E-state index contributed by atoms with van der Waals surface area (Å²) in [5.74, 6) is -7.71. The molecule has 1 fully saturated rings. The van der Waals surface area contributed by atoms with Crippen molar-refractivity contribution in [2.24, 2.45) is 0 Å². The van der Waals surface area contributed by atoms with E-state index in [0.29, 0.717) is 0 Å². The van der Waals surface area contributed by atoms with Crippen LogP contribution in [0.3, 0.4) is 0 Å². The number of aliphatic hydroxyl groups is 3. The van der Waals surface area contributed by atoms with E-state index in [-0.39, 0.29) is 5.69 Å². The third kappa shape index (κ3) is 5.56. The van der Waals surface area contributed by atoms with Crippen LogP contribution in [0.5, 0.6) is 5.75 Å². The molecule has 1 aliphatic rings. The van der Waals surface area contributed by atoms with E-state index in [2.05, 4.69) is 5.32 Å². The number of hydrogen-bond donors (Lipinski definition) is 5. The average molecular weight is 490 g/mol. The first kappa shape index (κ1) is 26.8. The van der Waals surface area contributed by atoms with Gasteiger partial charge in [-0.25, -0.2) is 9.18 Å². The minimum atomic E-state index is -3.31. The number of esters is 1. The fourth-order valence-corrected chi connectivity index (χ4v) is 3.36. The molecule has 188 valence electrons. The van der Waals surface area contributed by atoms with Crippen LogP contribution in [0, 0.1) is 10.1 Å². The van der Waals surface area contributed by atoms with E-state index in [0.717, 1.165) is 38.1 Å². The number of nitro groups is 1. The second-order valence-electron chi connectivity index (χ2n) is 7.35. The van der Waals surface area contributed by atoms with Gasteiger partial charge in [0.05, 0.1) is 17.6 Å². The molecule has 0 aromatic heterocycles. The Morgan fingerprint density at radius 2 is 1.85 bits per heavy atom. The molecule has 5 N–H and O–H groups in total. The largest absolute Gasteiger partial charge is 0.476 e. The Kier molecular flexibility index (Phi) is 8.44. The van der Waals surface area contributed by atoms with Crippen molar-refractivity contribution in [3.63, 3.8) is 0 Å². The van der Waals surface area contributed by atoms with Gasteiger partial charge in [-0.2, -0.15) is 0 Å². The number of carbonyl (C=O) groups excluding carboxylic acids is 2. The molecule has 15 heteroatoms. The van der Waals surface area contributed by atoms with Crippen molar-refractivity contribution in [1.82, 2.24) is 5.32 Å². The molecular formula is C19H23FN2O12. The van der Waals surface area contributed by atoms with Gasteiger partial charge in [0.2, 0.25) is 12.1 Å². The van der Waals surface area contributed by atoms with Gasteiger partial charge in [-0.1, -0.05) is 0 Å². The van der Waals surface area contributed by atoms with Crippen LogP contribution in [0.15, 0.2) is 24.3 Å². The smallest absolute Gasteiger partial charge is 0.380 e. The maximum Gasteiger partial charge on any atom is 0.380 e. The summed E-state index contributed by atoms with van der Waals surface area (Å²) in [5, 5.41) is 52.4. The topological polar surface area (TPSA) is 215 Å². The molecule has 1 aromatic rings.